The molecule has 1 aromatic carbocycles. The lowest BCUT2D eigenvalue weighted by molar-refractivity contribution is -0.227. The number of aliphatic carboxylic acids is 1. The molecule has 2 fully saturated rings. The minimum atomic E-state index is -4.91. The van der Waals surface area contributed by atoms with Gasteiger partial charge in [0, 0.05) is 13.1 Å². The van der Waals surface area contributed by atoms with Crippen molar-refractivity contribution in [3.63, 3.8) is 0 Å². The number of aryl methyl sites for hydroxylation is 1. The van der Waals surface area contributed by atoms with E-state index in [4.69, 9.17) is 4.74 Å². The van der Waals surface area contributed by atoms with Crippen LogP contribution in [0.15, 0.2) is 18.2 Å². The van der Waals surface area contributed by atoms with Crippen LogP contribution in [0.25, 0.3) is 0 Å². The molecule has 1 heterocycles. The van der Waals surface area contributed by atoms with Crippen molar-refractivity contribution in [3.8, 4) is 5.75 Å². The minimum Gasteiger partial charge on any atom is -0.496 e. The Bertz CT molecular complexity index is 786. The number of carboxylic acid groups (broad SMARTS) is 1. The lowest BCUT2D eigenvalue weighted by Crippen LogP contribution is -2.50. The number of halogens is 3. The molecule has 2 aliphatic rings. The topological polar surface area (TPSA) is 66.8 Å². The van der Waals surface area contributed by atoms with E-state index < -0.39 is 41.8 Å². The molecule has 1 N–H and O–H groups in total. The quantitative estimate of drug-likeness (QED) is 0.839. The second kappa shape index (κ2) is 6.97. The van der Waals surface area contributed by atoms with Crippen LogP contribution in [0.3, 0.4) is 0 Å². The molecule has 28 heavy (non-hydrogen) atoms. The lowest BCUT2D eigenvalue weighted by Gasteiger charge is -2.34. The van der Waals surface area contributed by atoms with E-state index in [9.17, 15) is 27.9 Å². The van der Waals surface area contributed by atoms with Gasteiger partial charge in [-0.3, -0.25) is 9.59 Å². The zero-order chi connectivity index (χ0) is 20.7. The van der Waals surface area contributed by atoms with Crippen LogP contribution in [0.1, 0.15) is 43.2 Å². The molecule has 0 aromatic heterocycles. The molecule has 0 spiro atoms. The van der Waals surface area contributed by atoms with Crippen LogP contribution in [0, 0.1) is 12.3 Å². The molecular formula is C20H24F3NO4. The predicted molar refractivity (Wildman–Crippen MR) is 95.2 cm³/mol. The first-order valence-corrected chi connectivity index (χ1v) is 9.32. The van der Waals surface area contributed by atoms with Crippen molar-refractivity contribution in [3.05, 3.63) is 29.3 Å². The van der Waals surface area contributed by atoms with Gasteiger partial charge in [-0.25, -0.2) is 0 Å². The van der Waals surface area contributed by atoms with Crippen molar-refractivity contribution >= 4 is 11.9 Å². The average molecular weight is 399 g/mol. The van der Waals surface area contributed by atoms with Crippen LogP contribution in [0.4, 0.5) is 13.2 Å². The first kappa shape index (κ1) is 20.5. The summed E-state index contributed by atoms with van der Waals surface area (Å²) >= 11 is 0. The molecule has 1 atom stereocenters. The molecular weight excluding hydrogens is 375 g/mol. The van der Waals surface area contributed by atoms with E-state index in [1.54, 1.807) is 6.07 Å². The molecule has 1 aromatic rings. The fourth-order valence-corrected chi connectivity index (χ4v) is 4.54. The van der Waals surface area contributed by atoms with E-state index in [1.165, 1.54) is 7.11 Å². The fourth-order valence-electron chi connectivity index (χ4n) is 4.54. The summed E-state index contributed by atoms with van der Waals surface area (Å²) in [5.74, 6) is -1.72. The van der Waals surface area contributed by atoms with Gasteiger partial charge in [0.2, 0.25) is 5.91 Å². The van der Waals surface area contributed by atoms with E-state index in [0.717, 1.165) is 28.9 Å². The molecule has 154 valence electrons. The van der Waals surface area contributed by atoms with Crippen molar-refractivity contribution in [2.45, 2.75) is 50.6 Å². The monoisotopic (exact) mass is 399 g/mol. The van der Waals surface area contributed by atoms with E-state index >= 15 is 0 Å². The lowest BCUT2D eigenvalue weighted by atomic mass is 9.77. The van der Waals surface area contributed by atoms with Gasteiger partial charge >= 0.3 is 12.1 Å². The van der Waals surface area contributed by atoms with Gasteiger partial charge in [0.05, 0.1) is 12.5 Å². The molecule has 0 radical (unpaired) electrons. The first-order valence-electron chi connectivity index (χ1n) is 9.32. The number of nitrogens with zero attached hydrogens (tertiary/aromatic N) is 1. The number of carbonyl (C=O) groups is 2. The Balaban J connectivity index is 1.96. The maximum Gasteiger partial charge on any atom is 0.406 e. The highest BCUT2D eigenvalue weighted by Crippen LogP contribution is 2.49. The van der Waals surface area contributed by atoms with Gasteiger partial charge in [-0.05, 0) is 43.4 Å². The number of hydrogen-bond donors (Lipinski definition) is 1. The molecule has 1 saturated carbocycles. The van der Waals surface area contributed by atoms with Gasteiger partial charge in [-0.1, -0.05) is 25.0 Å². The molecule has 1 aliphatic heterocycles. The van der Waals surface area contributed by atoms with Crippen LogP contribution >= 0.6 is 0 Å². The molecule has 3 rings (SSSR count). The van der Waals surface area contributed by atoms with Gasteiger partial charge in [-0.15, -0.1) is 0 Å². The van der Waals surface area contributed by atoms with Crippen molar-refractivity contribution < 1.29 is 32.6 Å². The predicted octanol–water partition coefficient (Wildman–Crippen LogP) is 3.68. The van der Waals surface area contributed by atoms with Gasteiger partial charge in [0.25, 0.3) is 0 Å². The number of methoxy groups -OCH3 is 1. The Labute approximate surface area is 161 Å². The number of alkyl halides is 3. The minimum absolute atomic E-state index is 0.213. The Hall–Kier alpha value is -2.25. The van der Waals surface area contributed by atoms with E-state index in [0.29, 0.717) is 18.6 Å². The zero-order valence-electron chi connectivity index (χ0n) is 15.9. The number of hydrogen-bond acceptors (Lipinski definition) is 3. The Morgan fingerprint density at radius 1 is 1.18 bits per heavy atom. The zero-order valence-corrected chi connectivity index (χ0v) is 15.9. The molecule has 0 bridgehead atoms. The third-order valence-electron chi connectivity index (χ3n) is 6.34. The molecule has 5 nitrogen and oxygen atoms in total. The maximum atomic E-state index is 13.5. The Morgan fingerprint density at radius 3 is 2.32 bits per heavy atom. The number of benzene rings is 1. The average Bonchev–Trinajstić information content (AvgIpc) is 3.30. The van der Waals surface area contributed by atoms with Crippen molar-refractivity contribution in [2.75, 3.05) is 20.2 Å². The van der Waals surface area contributed by atoms with E-state index in [1.807, 2.05) is 19.1 Å². The van der Waals surface area contributed by atoms with Crippen LogP contribution < -0.4 is 4.74 Å². The summed E-state index contributed by atoms with van der Waals surface area (Å²) in [6.45, 7) is 0.821. The second-order valence-electron chi connectivity index (χ2n) is 7.84. The number of ether oxygens (including phenoxy) is 1. The number of carboxylic acids is 1. The highest BCUT2D eigenvalue weighted by atomic mass is 19.4. The molecule has 1 aliphatic carbocycles. The van der Waals surface area contributed by atoms with Crippen molar-refractivity contribution in [1.29, 1.82) is 0 Å². The van der Waals surface area contributed by atoms with Crippen LogP contribution in [0.2, 0.25) is 0 Å². The standard InChI is InChI=1S/C20H24F3NO4/c1-13-5-6-14(11-15(13)28-2)18(7-3-4-8-18)16(25)24-10-9-19(12-24,17(26)27)20(21,22)23/h5-6,11H,3-4,7-10,12H2,1-2H3,(H,26,27). The summed E-state index contributed by atoms with van der Waals surface area (Å²) in [5, 5.41) is 9.27. The van der Waals surface area contributed by atoms with Gasteiger partial charge in [0.1, 0.15) is 5.75 Å². The number of carbonyl (C=O) groups excluding carboxylic acids is 1. The fraction of sp³-hybridized carbons (Fsp3) is 0.600. The van der Waals surface area contributed by atoms with Crippen LogP contribution in [0.5, 0.6) is 5.75 Å². The van der Waals surface area contributed by atoms with Gasteiger partial charge in [0.15, 0.2) is 5.41 Å². The molecule has 1 saturated heterocycles. The van der Waals surface area contributed by atoms with Crippen LogP contribution in [-0.2, 0) is 15.0 Å². The summed E-state index contributed by atoms with van der Waals surface area (Å²) in [4.78, 5) is 26.0. The number of rotatable bonds is 4. The summed E-state index contributed by atoms with van der Waals surface area (Å²) in [7, 11) is 1.53. The van der Waals surface area contributed by atoms with Crippen molar-refractivity contribution in [2.24, 2.45) is 5.41 Å². The molecule has 1 unspecified atom stereocenters. The third kappa shape index (κ3) is 3.02. The van der Waals surface area contributed by atoms with Crippen LogP contribution in [-0.4, -0.2) is 48.3 Å². The SMILES string of the molecule is COc1cc(C2(C(=O)N3CCC(C(=O)O)(C(F)(F)F)C3)CCCC2)ccc1C. The normalized spacial score (nSPS) is 24.4. The highest BCUT2D eigenvalue weighted by molar-refractivity contribution is 5.90. The maximum absolute atomic E-state index is 13.5. The third-order valence-corrected chi connectivity index (χ3v) is 6.34. The molecule has 8 heteroatoms. The van der Waals surface area contributed by atoms with Gasteiger partial charge in [-0.2, -0.15) is 13.2 Å². The first-order chi connectivity index (χ1) is 13.1. The molecule has 1 amide bonds. The summed E-state index contributed by atoms with van der Waals surface area (Å²) in [5.41, 5.74) is -2.21. The smallest absolute Gasteiger partial charge is 0.406 e. The van der Waals surface area contributed by atoms with E-state index in [-0.39, 0.29) is 6.54 Å². The summed E-state index contributed by atoms with van der Waals surface area (Å²) in [6.07, 6.45) is -2.89. The Morgan fingerprint density at radius 2 is 1.82 bits per heavy atom. The van der Waals surface area contributed by atoms with Gasteiger partial charge < -0.3 is 14.7 Å². The largest absolute Gasteiger partial charge is 0.496 e. The number of likely N-dealkylation sites (tertiary alicyclic amines) is 1. The summed E-state index contributed by atoms with van der Waals surface area (Å²) in [6, 6.07) is 5.44. The second-order valence-corrected chi connectivity index (χ2v) is 7.84. The number of amides is 1. The van der Waals surface area contributed by atoms with E-state index in [2.05, 4.69) is 0 Å². The summed E-state index contributed by atoms with van der Waals surface area (Å²) < 4.78 is 45.9. The Kier molecular flexibility index (Phi) is 5.10. The highest BCUT2D eigenvalue weighted by Gasteiger charge is 2.65. The van der Waals surface area contributed by atoms with Crippen molar-refractivity contribution in [1.82, 2.24) is 4.90 Å².